The van der Waals surface area contributed by atoms with Crippen molar-refractivity contribution >= 4 is 23.6 Å². The maximum Gasteiger partial charge on any atom is 0.353 e. The first-order valence-corrected chi connectivity index (χ1v) is 7.28. The lowest BCUT2D eigenvalue weighted by molar-refractivity contribution is -0.161. The van der Waals surface area contributed by atoms with Crippen LogP contribution in [0.2, 0.25) is 0 Å². The fourth-order valence-corrected chi connectivity index (χ4v) is 3.81. The average molecular weight is 286 g/mol. The van der Waals surface area contributed by atoms with E-state index in [2.05, 4.69) is 0 Å². The lowest BCUT2D eigenvalue weighted by Gasteiger charge is -2.44. The number of carbonyl (C=O) groups excluding carboxylic acids is 1. The Morgan fingerprint density at radius 2 is 2.32 bits per heavy atom. The van der Waals surface area contributed by atoms with Gasteiger partial charge in [0.25, 0.3) is 0 Å². The summed E-state index contributed by atoms with van der Waals surface area (Å²) in [5, 5.41) is 18.8. The fourth-order valence-electron chi connectivity index (χ4n) is 2.64. The van der Waals surface area contributed by atoms with E-state index in [-0.39, 0.29) is 17.6 Å². The number of aliphatic hydroxyl groups is 1. The number of fused-ring (bicyclic) bond motifs is 1. The molecule has 2 aliphatic heterocycles. The largest absolute Gasteiger partial charge is 0.477 e. The summed E-state index contributed by atoms with van der Waals surface area (Å²) in [7, 11) is 0. The highest BCUT2D eigenvalue weighted by molar-refractivity contribution is 8.03. The smallest absolute Gasteiger partial charge is 0.353 e. The van der Waals surface area contributed by atoms with Crippen LogP contribution in [0.1, 0.15) is 19.8 Å². The molecule has 1 fully saturated rings. The molecule has 1 amide bonds. The third-order valence-electron chi connectivity index (χ3n) is 3.52. The fraction of sp³-hybridized carbons (Fsp3) is 0.667. The quantitative estimate of drug-likeness (QED) is 0.468. The van der Waals surface area contributed by atoms with Crippen molar-refractivity contribution in [2.75, 3.05) is 12.3 Å². The zero-order valence-electron chi connectivity index (χ0n) is 10.7. The number of aliphatic hydroxyl groups excluding tert-OH is 1. The van der Waals surface area contributed by atoms with Gasteiger partial charge in [-0.15, -0.1) is 11.8 Å². The number of carboxylic acids is 1. The number of carboxylic acid groups (broad SMARTS) is 1. The molecule has 0 bridgehead atoms. The SMILES string of the molecule is CC(O)[C@@H]1C(=O)N2C(C(=O)O)=C(SCCCN)C[C@@H]12. The van der Waals surface area contributed by atoms with Crippen molar-refractivity contribution in [1.29, 1.82) is 0 Å². The molecule has 6 nitrogen and oxygen atoms in total. The van der Waals surface area contributed by atoms with E-state index < -0.39 is 18.0 Å². The number of thioether (sulfide) groups is 1. The second-order valence-corrected chi connectivity index (χ2v) is 6.00. The maximum absolute atomic E-state index is 11.9. The van der Waals surface area contributed by atoms with Crippen LogP contribution in [0.3, 0.4) is 0 Å². The van der Waals surface area contributed by atoms with Crippen LogP contribution in [0.5, 0.6) is 0 Å². The van der Waals surface area contributed by atoms with Crippen LogP contribution in [0.4, 0.5) is 0 Å². The van der Waals surface area contributed by atoms with Gasteiger partial charge in [-0.1, -0.05) is 0 Å². The van der Waals surface area contributed by atoms with Gasteiger partial charge in [0.05, 0.1) is 18.1 Å². The Labute approximate surface area is 115 Å². The zero-order chi connectivity index (χ0) is 14.2. The van der Waals surface area contributed by atoms with Crippen molar-refractivity contribution in [2.24, 2.45) is 11.7 Å². The molecule has 0 spiro atoms. The first-order valence-electron chi connectivity index (χ1n) is 6.29. The van der Waals surface area contributed by atoms with Gasteiger partial charge in [0.15, 0.2) is 0 Å². The first-order chi connectivity index (χ1) is 8.99. The van der Waals surface area contributed by atoms with Gasteiger partial charge in [-0.25, -0.2) is 4.79 Å². The Morgan fingerprint density at radius 3 is 2.84 bits per heavy atom. The van der Waals surface area contributed by atoms with Gasteiger partial charge in [0.1, 0.15) is 5.70 Å². The lowest BCUT2D eigenvalue weighted by atomic mass is 9.83. The normalized spacial score (nSPS) is 27.3. The Balaban J connectivity index is 2.14. The first kappa shape index (κ1) is 14.4. The number of β-lactam (4-membered cyclic amide) rings is 1. The average Bonchev–Trinajstić information content (AvgIpc) is 2.64. The van der Waals surface area contributed by atoms with E-state index in [1.165, 1.54) is 16.7 Å². The predicted molar refractivity (Wildman–Crippen MR) is 71.2 cm³/mol. The van der Waals surface area contributed by atoms with E-state index in [4.69, 9.17) is 5.73 Å². The van der Waals surface area contributed by atoms with Crippen molar-refractivity contribution in [3.8, 4) is 0 Å². The zero-order valence-corrected chi connectivity index (χ0v) is 11.5. The summed E-state index contributed by atoms with van der Waals surface area (Å²) in [6.07, 6.45) is 0.592. The third kappa shape index (κ3) is 2.37. The number of carbonyl (C=O) groups is 2. The molecule has 2 aliphatic rings. The van der Waals surface area contributed by atoms with Crippen LogP contribution in [0.25, 0.3) is 0 Å². The van der Waals surface area contributed by atoms with Crippen LogP contribution in [-0.4, -0.2) is 51.4 Å². The molecule has 1 saturated heterocycles. The molecule has 0 aliphatic carbocycles. The van der Waals surface area contributed by atoms with Crippen molar-refractivity contribution in [3.63, 3.8) is 0 Å². The number of rotatable bonds is 6. The Kier molecular flexibility index (Phi) is 4.17. The minimum Gasteiger partial charge on any atom is -0.477 e. The van der Waals surface area contributed by atoms with Gasteiger partial charge in [0, 0.05) is 11.3 Å². The van der Waals surface area contributed by atoms with Gasteiger partial charge in [-0.05, 0) is 25.6 Å². The van der Waals surface area contributed by atoms with E-state index in [1.807, 2.05) is 0 Å². The topological polar surface area (TPSA) is 104 Å². The van der Waals surface area contributed by atoms with Gasteiger partial charge in [-0.2, -0.15) is 0 Å². The number of nitrogens with two attached hydrogens (primary N) is 1. The summed E-state index contributed by atoms with van der Waals surface area (Å²) in [6, 6.07) is -0.195. The molecule has 106 valence electrons. The number of aliphatic carboxylic acids is 1. The minimum atomic E-state index is -1.07. The van der Waals surface area contributed by atoms with Gasteiger partial charge < -0.3 is 20.8 Å². The predicted octanol–water partition coefficient (Wildman–Crippen LogP) is -0.0239. The number of nitrogens with zero attached hydrogens (tertiary/aromatic N) is 1. The lowest BCUT2D eigenvalue weighted by Crippen LogP contribution is -2.61. The van der Waals surface area contributed by atoms with E-state index >= 15 is 0 Å². The second-order valence-electron chi connectivity index (χ2n) is 4.81. The number of hydrogen-bond acceptors (Lipinski definition) is 5. The van der Waals surface area contributed by atoms with E-state index in [1.54, 1.807) is 6.92 Å². The van der Waals surface area contributed by atoms with Crippen molar-refractivity contribution < 1.29 is 19.8 Å². The van der Waals surface area contributed by atoms with Crippen molar-refractivity contribution in [3.05, 3.63) is 10.6 Å². The molecular formula is C12H18N2O4S. The number of hydrogen-bond donors (Lipinski definition) is 3. The summed E-state index contributed by atoms with van der Waals surface area (Å²) < 4.78 is 0. The van der Waals surface area contributed by atoms with Gasteiger partial charge >= 0.3 is 5.97 Å². The summed E-state index contributed by atoms with van der Waals surface area (Å²) in [4.78, 5) is 25.3. The van der Waals surface area contributed by atoms with Crippen molar-refractivity contribution in [1.82, 2.24) is 4.90 Å². The number of amides is 1. The Bertz CT molecular complexity index is 435. The van der Waals surface area contributed by atoms with Crippen molar-refractivity contribution in [2.45, 2.75) is 31.9 Å². The van der Waals surface area contributed by atoms with Crippen LogP contribution in [0.15, 0.2) is 10.6 Å². The second kappa shape index (κ2) is 5.52. The Hall–Kier alpha value is -1.05. The van der Waals surface area contributed by atoms with E-state index in [9.17, 15) is 19.8 Å². The molecule has 2 heterocycles. The molecule has 0 saturated carbocycles. The molecule has 0 aromatic rings. The molecule has 0 aromatic heterocycles. The van der Waals surface area contributed by atoms with E-state index in [0.717, 1.165) is 17.1 Å². The molecule has 0 aromatic carbocycles. The molecule has 2 rings (SSSR count). The molecule has 1 unspecified atom stereocenters. The molecular weight excluding hydrogens is 268 g/mol. The summed E-state index contributed by atoms with van der Waals surface area (Å²) in [5.74, 6) is -1.08. The van der Waals surface area contributed by atoms with Gasteiger partial charge in [0.2, 0.25) is 5.91 Å². The van der Waals surface area contributed by atoms with E-state index in [0.29, 0.717) is 13.0 Å². The molecule has 19 heavy (non-hydrogen) atoms. The summed E-state index contributed by atoms with van der Waals surface area (Å²) >= 11 is 1.45. The maximum atomic E-state index is 11.9. The Morgan fingerprint density at radius 1 is 1.63 bits per heavy atom. The summed E-state index contributed by atoms with van der Waals surface area (Å²) in [5.41, 5.74) is 5.51. The third-order valence-corrected chi connectivity index (χ3v) is 4.72. The molecule has 4 N–H and O–H groups in total. The minimum absolute atomic E-state index is 0.0916. The van der Waals surface area contributed by atoms with Crippen LogP contribution < -0.4 is 5.73 Å². The highest BCUT2D eigenvalue weighted by Gasteiger charge is 2.56. The monoisotopic (exact) mass is 286 g/mol. The standard InChI is InChI=1S/C12H18N2O4S/c1-6(15)9-7-5-8(19-4-2-3-13)10(12(17)18)14(7)11(9)16/h6-7,9,15H,2-5,13H2,1H3,(H,17,18)/t6?,7-,9-/m0/s1. The highest BCUT2D eigenvalue weighted by atomic mass is 32.2. The van der Waals surface area contributed by atoms with Gasteiger partial charge in [-0.3, -0.25) is 4.79 Å². The van der Waals surface area contributed by atoms with Crippen LogP contribution >= 0.6 is 11.8 Å². The molecule has 0 radical (unpaired) electrons. The molecule has 3 atom stereocenters. The van der Waals surface area contributed by atoms with Crippen LogP contribution in [-0.2, 0) is 9.59 Å². The summed E-state index contributed by atoms with van der Waals surface area (Å²) in [6.45, 7) is 2.13. The van der Waals surface area contributed by atoms with Crippen LogP contribution in [0, 0.1) is 5.92 Å². The highest BCUT2D eigenvalue weighted by Crippen LogP contribution is 2.46. The molecule has 7 heteroatoms.